The van der Waals surface area contributed by atoms with Crippen molar-refractivity contribution in [3.05, 3.63) is 158 Å². The van der Waals surface area contributed by atoms with Crippen LogP contribution in [0.5, 0.6) is 0 Å². The zero-order chi connectivity index (χ0) is 42.0. The van der Waals surface area contributed by atoms with E-state index in [1.54, 1.807) is 0 Å². The van der Waals surface area contributed by atoms with Crippen LogP contribution in [0.4, 0.5) is 5.69 Å². The normalized spacial score (nSPS) is 11.9. The second kappa shape index (κ2) is 15.1. The molecule has 7 aromatic rings. The van der Waals surface area contributed by atoms with Gasteiger partial charge in [0, 0.05) is 44.3 Å². The van der Waals surface area contributed by atoms with Gasteiger partial charge in [0.1, 0.15) is 0 Å². The van der Waals surface area contributed by atoms with Gasteiger partial charge in [-0.2, -0.15) is 4.99 Å². The van der Waals surface area contributed by atoms with Gasteiger partial charge < -0.3 is 9.97 Å². The van der Waals surface area contributed by atoms with E-state index in [1.165, 1.54) is 61.2 Å². The number of aromatic amines is 2. The smallest absolute Gasteiger partial charge is 0.0739 e. The Hall–Kier alpha value is -6.72. The van der Waals surface area contributed by atoms with Gasteiger partial charge in [0.25, 0.3) is 0 Å². The van der Waals surface area contributed by atoms with Gasteiger partial charge in [0.15, 0.2) is 0 Å². The molecule has 0 fully saturated rings. The second-order valence-electron chi connectivity index (χ2n) is 16.6. The number of thiocarbonyl (C=S) groups is 1. The summed E-state index contributed by atoms with van der Waals surface area (Å²) in [4.78, 5) is 23.3. The summed E-state index contributed by atoms with van der Waals surface area (Å²) in [5, 5.41) is 2.51. The lowest BCUT2D eigenvalue weighted by Crippen LogP contribution is -1.97. The lowest BCUT2D eigenvalue weighted by Gasteiger charge is -2.14. The molecule has 0 amide bonds. The van der Waals surface area contributed by atoms with Gasteiger partial charge in [0.05, 0.1) is 33.6 Å². The van der Waals surface area contributed by atoms with Crippen LogP contribution in [-0.4, -0.2) is 25.1 Å². The summed E-state index contributed by atoms with van der Waals surface area (Å²) in [6, 6.07) is 30.5. The zero-order valence-electron chi connectivity index (χ0n) is 35.6. The predicted octanol–water partition coefficient (Wildman–Crippen LogP) is 14.8. The maximum absolute atomic E-state index is 5.58. The molecule has 2 N–H and O–H groups in total. The fourth-order valence-electron chi connectivity index (χ4n) is 9.78. The molecule has 5 heterocycles. The van der Waals surface area contributed by atoms with Crippen LogP contribution in [0.15, 0.2) is 89.9 Å². The highest BCUT2D eigenvalue weighted by Gasteiger charge is 2.23. The Kier molecular flexibility index (Phi) is 9.79. The highest BCUT2D eigenvalue weighted by molar-refractivity contribution is 7.78. The largest absolute Gasteiger partial charge is 0.354 e. The molecule has 0 unspecified atom stereocenters. The number of rotatable bonds is 5. The number of hydrogen-bond donors (Lipinski definition) is 2. The third kappa shape index (κ3) is 6.78. The molecule has 0 aliphatic carbocycles. The van der Waals surface area contributed by atoms with Gasteiger partial charge in [-0.25, -0.2) is 9.97 Å². The van der Waals surface area contributed by atoms with Crippen molar-refractivity contribution >= 4 is 69.4 Å². The van der Waals surface area contributed by atoms with Crippen molar-refractivity contribution in [3.63, 3.8) is 0 Å². The van der Waals surface area contributed by atoms with Crippen LogP contribution >= 0.6 is 12.2 Å². The molecule has 2 aliphatic rings. The van der Waals surface area contributed by atoms with Crippen molar-refractivity contribution in [2.24, 2.45) is 4.99 Å². The summed E-state index contributed by atoms with van der Waals surface area (Å²) < 4.78 is 0. The zero-order valence-corrected chi connectivity index (χ0v) is 36.5. The fraction of sp³-hybridized carbons (Fsp3) is 0.167. The van der Waals surface area contributed by atoms with E-state index in [-0.39, 0.29) is 0 Å². The molecule has 2 aliphatic heterocycles. The molecule has 9 rings (SSSR count). The summed E-state index contributed by atoms with van der Waals surface area (Å²) in [6.45, 7) is 19.7. The van der Waals surface area contributed by atoms with Gasteiger partial charge in [-0.05, 0) is 191 Å². The number of nitrogens with zero attached hydrogens (tertiary/aromatic N) is 3. The first-order valence-electron chi connectivity index (χ1n) is 20.5. The van der Waals surface area contributed by atoms with Crippen LogP contribution in [0.1, 0.15) is 72.8 Å². The molecule has 0 saturated heterocycles. The highest BCUT2D eigenvalue weighted by atomic mass is 32.1. The van der Waals surface area contributed by atoms with Gasteiger partial charge in [-0.1, -0.05) is 65.2 Å². The SMILES string of the molecule is Cc1cc(C)c(-c2c3nc(c(-c4c(C)cc(C)cc4C)c4ccc([nH]4)c(-c4ccc(N=C=S)cc4)c4ccc([nH]4)c(-c4c(C)cc(C)cc4C)c4nc2C=C4)C=C3)c(C)c1. The molecule has 4 aromatic carbocycles. The second-order valence-corrected chi connectivity index (χ2v) is 16.8. The molecular weight excluding hydrogens is 751 g/mol. The molecule has 60 heavy (non-hydrogen) atoms. The van der Waals surface area contributed by atoms with Crippen molar-refractivity contribution < 1.29 is 0 Å². The molecule has 3 aromatic heterocycles. The van der Waals surface area contributed by atoms with Gasteiger partial charge in [0.2, 0.25) is 0 Å². The maximum Gasteiger partial charge on any atom is 0.0739 e. The monoisotopic (exact) mass is 797 g/mol. The third-order valence-corrected chi connectivity index (χ3v) is 12.0. The van der Waals surface area contributed by atoms with Crippen LogP contribution in [0.2, 0.25) is 0 Å². The summed E-state index contributed by atoms with van der Waals surface area (Å²) in [6.07, 6.45) is 8.71. The molecule has 0 atom stereocenters. The first-order valence-corrected chi connectivity index (χ1v) is 20.9. The Morgan fingerprint density at radius 2 is 0.717 bits per heavy atom. The van der Waals surface area contributed by atoms with Crippen molar-refractivity contribution in [1.29, 1.82) is 0 Å². The lowest BCUT2D eigenvalue weighted by molar-refractivity contribution is 1.24. The van der Waals surface area contributed by atoms with Crippen LogP contribution < -0.4 is 0 Å². The number of hydrogen-bond acceptors (Lipinski definition) is 4. The Labute approximate surface area is 357 Å². The van der Waals surface area contributed by atoms with E-state index in [4.69, 9.17) is 22.2 Å². The van der Waals surface area contributed by atoms with Crippen molar-refractivity contribution in [2.45, 2.75) is 62.3 Å². The first kappa shape index (κ1) is 38.8. The summed E-state index contributed by atoms with van der Waals surface area (Å²) in [7, 11) is 0. The van der Waals surface area contributed by atoms with Crippen LogP contribution in [0.25, 0.3) is 90.9 Å². The standard InChI is InChI=1S/C54H47N5S/c1-29-22-32(4)48(33(5)23-29)52-42-16-14-40(56-42)51(38-10-12-39(13-11-38)55-28-60)41-15-17-43(57-41)53(49-34(6)24-30(2)25-35(49)7)45-19-21-47(59-45)54(46-20-18-44(52)58-46)50-36(8)26-31(3)27-37(50)9/h10-27,56-57H,1-9H3. The summed E-state index contributed by atoms with van der Waals surface area (Å²) >= 11 is 4.94. The van der Waals surface area contributed by atoms with E-state index in [2.05, 4.69) is 180 Å². The fourth-order valence-corrected chi connectivity index (χ4v) is 9.88. The van der Waals surface area contributed by atoms with Crippen LogP contribution in [0.3, 0.4) is 0 Å². The number of aromatic nitrogens is 4. The number of nitrogens with one attached hydrogen (secondary N) is 2. The highest BCUT2D eigenvalue weighted by Crippen LogP contribution is 2.42. The van der Waals surface area contributed by atoms with E-state index in [0.717, 1.165) is 83.9 Å². The van der Waals surface area contributed by atoms with E-state index >= 15 is 0 Å². The minimum atomic E-state index is 0.757. The maximum atomic E-state index is 5.58. The van der Waals surface area contributed by atoms with E-state index in [0.29, 0.717) is 0 Å². The number of fused-ring (bicyclic) bond motifs is 8. The minimum absolute atomic E-state index is 0.757. The first-order chi connectivity index (χ1) is 28.9. The number of aryl methyl sites for hydroxylation is 9. The third-order valence-electron chi connectivity index (χ3n) is 11.9. The van der Waals surface area contributed by atoms with Crippen molar-refractivity contribution in [1.82, 2.24) is 19.9 Å². The van der Waals surface area contributed by atoms with Gasteiger partial charge in [-0.15, -0.1) is 0 Å². The Morgan fingerprint density at radius 3 is 1.07 bits per heavy atom. The van der Waals surface area contributed by atoms with Crippen LogP contribution in [-0.2, 0) is 0 Å². The van der Waals surface area contributed by atoms with Crippen LogP contribution in [0, 0.1) is 62.3 Å². The molecule has 0 saturated carbocycles. The van der Waals surface area contributed by atoms with Crippen molar-refractivity contribution in [3.8, 4) is 44.5 Å². The molecule has 0 spiro atoms. The predicted molar refractivity (Wildman–Crippen MR) is 258 cm³/mol. The molecular formula is C54H47N5S. The average molecular weight is 798 g/mol. The topological polar surface area (TPSA) is 69.7 Å². The van der Waals surface area contributed by atoms with E-state index in [9.17, 15) is 0 Å². The number of isothiocyanates is 1. The summed E-state index contributed by atoms with van der Waals surface area (Å²) in [5.41, 5.74) is 27.9. The quantitative estimate of drug-likeness (QED) is 0.135. The molecule has 6 heteroatoms. The number of H-pyrrole nitrogens is 2. The van der Waals surface area contributed by atoms with Gasteiger partial charge in [-0.3, -0.25) is 0 Å². The Balaban J connectivity index is 1.51. The lowest BCUT2D eigenvalue weighted by atomic mass is 9.92. The number of benzene rings is 4. The summed E-state index contributed by atoms with van der Waals surface area (Å²) in [5.74, 6) is 0. The van der Waals surface area contributed by atoms with E-state index in [1.807, 2.05) is 12.1 Å². The molecule has 294 valence electrons. The average Bonchev–Trinajstić information content (AvgIpc) is 4.02. The minimum Gasteiger partial charge on any atom is -0.354 e. The Morgan fingerprint density at radius 1 is 0.400 bits per heavy atom. The molecule has 5 nitrogen and oxygen atoms in total. The van der Waals surface area contributed by atoms with Gasteiger partial charge >= 0.3 is 0 Å². The van der Waals surface area contributed by atoms with E-state index < -0.39 is 0 Å². The number of aliphatic imine (C=N–C) groups is 1. The van der Waals surface area contributed by atoms with Crippen molar-refractivity contribution in [2.75, 3.05) is 0 Å². The molecule has 0 radical (unpaired) electrons. The Bertz CT molecular complexity index is 3010. The molecule has 8 bridgehead atoms.